The van der Waals surface area contributed by atoms with Crippen LogP contribution < -0.4 is 5.32 Å². The summed E-state index contributed by atoms with van der Waals surface area (Å²) in [6, 6.07) is 14.3. The van der Waals surface area contributed by atoms with Crippen LogP contribution in [0.15, 0.2) is 48.5 Å². The van der Waals surface area contributed by atoms with Crippen molar-refractivity contribution in [2.24, 2.45) is 0 Å². The Hall–Kier alpha value is -2.95. The molecule has 122 valence electrons. The van der Waals surface area contributed by atoms with E-state index in [1.54, 1.807) is 24.3 Å². The second-order valence-electron chi connectivity index (χ2n) is 5.66. The number of carbonyl (C=O) groups is 3. The third-order valence-corrected chi connectivity index (χ3v) is 4.06. The second kappa shape index (κ2) is 6.66. The van der Waals surface area contributed by atoms with Gasteiger partial charge in [-0.1, -0.05) is 31.2 Å². The van der Waals surface area contributed by atoms with Crippen LogP contribution in [0, 0.1) is 0 Å². The molecule has 1 N–H and O–H groups in total. The number of hydrogen-bond acceptors (Lipinski definition) is 3. The molecule has 0 radical (unpaired) electrons. The number of aryl methyl sites for hydroxylation is 1. The summed E-state index contributed by atoms with van der Waals surface area (Å²) in [5.41, 5.74) is 2.66. The average molecular weight is 322 g/mol. The molecule has 3 rings (SSSR count). The van der Waals surface area contributed by atoms with E-state index in [9.17, 15) is 14.4 Å². The van der Waals surface area contributed by atoms with E-state index in [-0.39, 0.29) is 30.7 Å². The van der Waals surface area contributed by atoms with Gasteiger partial charge in [0.25, 0.3) is 11.8 Å². The van der Waals surface area contributed by atoms with Gasteiger partial charge in [0.1, 0.15) is 0 Å². The van der Waals surface area contributed by atoms with Gasteiger partial charge < -0.3 is 5.32 Å². The number of amides is 3. The molecule has 1 aliphatic rings. The van der Waals surface area contributed by atoms with Crippen molar-refractivity contribution >= 4 is 23.4 Å². The molecule has 0 saturated carbocycles. The van der Waals surface area contributed by atoms with Gasteiger partial charge in [0, 0.05) is 18.7 Å². The van der Waals surface area contributed by atoms with E-state index < -0.39 is 0 Å². The van der Waals surface area contributed by atoms with Crippen LogP contribution in [0.2, 0.25) is 0 Å². The Balaban J connectivity index is 1.61. The molecule has 0 bridgehead atoms. The highest BCUT2D eigenvalue weighted by Gasteiger charge is 2.34. The Bertz CT molecular complexity index is 779. The molecule has 0 aliphatic carbocycles. The van der Waals surface area contributed by atoms with Gasteiger partial charge in [-0.15, -0.1) is 0 Å². The van der Waals surface area contributed by atoms with Gasteiger partial charge in [0.05, 0.1) is 11.1 Å². The first-order valence-electron chi connectivity index (χ1n) is 7.94. The first kappa shape index (κ1) is 15.9. The molecule has 0 saturated heterocycles. The predicted molar refractivity (Wildman–Crippen MR) is 90.9 cm³/mol. The van der Waals surface area contributed by atoms with E-state index in [4.69, 9.17) is 0 Å². The summed E-state index contributed by atoms with van der Waals surface area (Å²) >= 11 is 0. The van der Waals surface area contributed by atoms with Crippen molar-refractivity contribution in [2.75, 3.05) is 11.9 Å². The minimum absolute atomic E-state index is 0.0713. The molecule has 2 aromatic carbocycles. The van der Waals surface area contributed by atoms with Gasteiger partial charge in [-0.2, -0.15) is 0 Å². The standard InChI is InChI=1S/C19H18N2O3/c1-2-13-6-5-7-14(12-13)20-17(22)10-11-21-18(23)15-8-3-4-9-16(15)19(21)24/h3-9,12H,2,10-11H2,1H3,(H,20,22). The van der Waals surface area contributed by atoms with Crippen molar-refractivity contribution in [3.63, 3.8) is 0 Å². The molecule has 0 unspecified atom stereocenters. The molecule has 5 heteroatoms. The lowest BCUT2D eigenvalue weighted by Crippen LogP contribution is -2.32. The number of nitrogens with one attached hydrogen (secondary N) is 1. The zero-order valence-electron chi connectivity index (χ0n) is 13.4. The van der Waals surface area contributed by atoms with Crippen molar-refractivity contribution in [1.82, 2.24) is 4.90 Å². The lowest BCUT2D eigenvalue weighted by atomic mass is 10.1. The Morgan fingerprint density at radius 2 is 1.67 bits per heavy atom. The zero-order chi connectivity index (χ0) is 17.1. The largest absolute Gasteiger partial charge is 0.326 e. The number of benzene rings is 2. The summed E-state index contributed by atoms with van der Waals surface area (Å²) in [6.45, 7) is 2.12. The normalized spacial score (nSPS) is 13.1. The van der Waals surface area contributed by atoms with Crippen molar-refractivity contribution < 1.29 is 14.4 Å². The predicted octanol–water partition coefficient (Wildman–Crippen LogP) is 2.87. The maximum absolute atomic E-state index is 12.2. The lowest BCUT2D eigenvalue weighted by Gasteiger charge is -2.13. The second-order valence-corrected chi connectivity index (χ2v) is 5.66. The fourth-order valence-corrected chi connectivity index (χ4v) is 2.75. The van der Waals surface area contributed by atoms with E-state index in [0.29, 0.717) is 11.1 Å². The van der Waals surface area contributed by atoms with E-state index >= 15 is 0 Å². The quantitative estimate of drug-likeness (QED) is 0.861. The average Bonchev–Trinajstić information content (AvgIpc) is 2.84. The van der Waals surface area contributed by atoms with Crippen LogP contribution in [0.4, 0.5) is 5.69 Å². The number of anilines is 1. The third-order valence-electron chi connectivity index (χ3n) is 4.06. The SMILES string of the molecule is CCc1cccc(NC(=O)CCN2C(=O)c3ccccc3C2=O)c1. The van der Waals surface area contributed by atoms with Gasteiger partial charge in [-0.05, 0) is 36.2 Å². The maximum Gasteiger partial charge on any atom is 0.261 e. The summed E-state index contributed by atoms with van der Waals surface area (Å²) in [5, 5.41) is 2.80. The van der Waals surface area contributed by atoms with Crippen LogP contribution in [0.3, 0.4) is 0 Å². The van der Waals surface area contributed by atoms with Crippen LogP contribution in [0.1, 0.15) is 39.6 Å². The topological polar surface area (TPSA) is 66.5 Å². The number of nitrogens with zero attached hydrogens (tertiary/aromatic N) is 1. The maximum atomic E-state index is 12.2. The molecule has 1 aliphatic heterocycles. The summed E-state index contributed by atoms with van der Waals surface area (Å²) in [6.07, 6.45) is 0.959. The molecule has 1 heterocycles. The number of imide groups is 1. The van der Waals surface area contributed by atoms with E-state index in [1.165, 1.54) is 0 Å². The molecule has 0 aromatic heterocycles. The Kier molecular flexibility index (Phi) is 4.42. The van der Waals surface area contributed by atoms with Gasteiger partial charge in [0.2, 0.25) is 5.91 Å². The fraction of sp³-hybridized carbons (Fsp3) is 0.211. The molecular formula is C19H18N2O3. The lowest BCUT2D eigenvalue weighted by molar-refractivity contribution is -0.116. The Morgan fingerprint density at radius 3 is 2.29 bits per heavy atom. The highest BCUT2D eigenvalue weighted by Crippen LogP contribution is 2.22. The van der Waals surface area contributed by atoms with Crippen molar-refractivity contribution in [3.8, 4) is 0 Å². The summed E-state index contributed by atoms with van der Waals surface area (Å²) in [7, 11) is 0. The number of rotatable bonds is 5. The smallest absolute Gasteiger partial charge is 0.261 e. The molecule has 24 heavy (non-hydrogen) atoms. The van der Waals surface area contributed by atoms with Crippen LogP contribution in [0.25, 0.3) is 0 Å². The number of carbonyl (C=O) groups excluding carboxylic acids is 3. The fourth-order valence-electron chi connectivity index (χ4n) is 2.75. The highest BCUT2D eigenvalue weighted by molar-refractivity contribution is 6.21. The van der Waals surface area contributed by atoms with E-state index in [0.717, 1.165) is 22.6 Å². The van der Waals surface area contributed by atoms with Crippen molar-refractivity contribution in [3.05, 3.63) is 65.2 Å². The van der Waals surface area contributed by atoms with Crippen LogP contribution in [-0.4, -0.2) is 29.2 Å². The van der Waals surface area contributed by atoms with Gasteiger partial charge in [-0.25, -0.2) is 0 Å². The molecule has 3 amide bonds. The van der Waals surface area contributed by atoms with Crippen LogP contribution >= 0.6 is 0 Å². The molecule has 5 nitrogen and oxygen atoms in total. The molecule has 2 aromatic rings. The monoisotopic (exact) mass is 322 g/mol. The molecular weight excluding hydrogens is 304 g/mol. The van der Waals surface area contributed by atoms with Crippen molar-refractivity contribution in [1.29, 1.82) is 0 Å². The molecule has 0 spiro atoms. The van der Waals surface area contributed by atoms with Crippen LogP contribution in [-0.2, 0) is 11.2 Å². The van der Waals surface area contributed by atoms with Crippen molar-refractivity contribution in [2.45, 2.75) is 19.8 Å². The zero-order valence-corrected chi connectivity index (χ0v) is 13.4. The third kappa shape index (κ3) is 3.06. The number of fused-ring (bicyclic) bond motifs is 1. The van der Waals surface area contributed by atoms with Gasteiger partial charge in [0.15, 0.2) is 0 Å². The summed E-state index contributed by atoms with van der Waals surface area (Å²) < 4.78 is 0. The van der Waals surface area contributed by atoms with Gasteiger partial charge >= 0.3 is 0 Å². The van der Waals surface area contributed by atoms with E-state index in [1.807, 2.05) is 31.2 Å². The summed E-state index contributed by atoms with van der Waals surface area (Å²) in [4.78, 5) is 37.7. The highest BCUT2D eigenvalue weighted by atomic mass is 16.2. The Labute approximate surface area is 140 Å². The molecule has 0 fully saturated rings. The number of hydrogen-bond donors (Lipinski definition) is 1. The minimum Gasteiger partial charge on any atom is -0.326 e. The minimum atomic E-state index is -0.337. The van der Waals surface area contributed by atoms with Gasteiger partial charge in [-0.3, -0.25) is 19.3 Å². The van der Waals surface area contributed by atoms with E-state index in [2.05, 4.69) is 5.32 Å². The van der Waals surface area contributed by atoms with Crippen LogP contribution in [0.5, 0.6) is 0 Å². The summed E-state index contributed by atoms with van der Waals surface area (Å²) in [5.74, 6) is -0.896. The first-order valence-corrected chi connectivity index (χ1v) is 7.94. The Morgan fingerprint density at radius 1 is 1.00 bits per heavy atom. The molecule has 0 atom stereocenters. The first-order chi connectivity index (χ1) is 11.6.